The number of aryl methyl sites for hydroxylation is 1. The number of imide groups is 1. The van der Waals surface area contributed by atoms with E-state index in [0.29, 0.717) is 19.5 Å². The van der Waals surface area contributed by atoms with Crippen LogP contribution in [-0.4, -0.2) is 46.3 Å². The van der Waals surface area contributed by atoms with Gasteiger partial charge in [0.15, 0.2) is 0 Å². The number of piperidine rings is 1. The number of rotatable bonds is 7. The molecular formula is C21H26N6O5. The van der Waals surface area contributed by atoms with Gasteiger partial charge in [-0.15, -0.1) is 0 Å². The van der Waals surface area contributed by atoms with Gasteiger partial charge in [-0.25, -0.2) is 4.98 Å². The molecule has 32 heavy (non-hydrogen) atoms. The number of fused-ring (bicyclic) bond motifs is 1. The molecule has 2 aromatic rings. The van der Waals surface area contributed by atoms with Crippen molar-refractivity contribution in [3.05, 3.63) is 34.4 Å². The normalized spacial score (nSPS) is 16.0. The molecule has 1 atom stereocenters. The lowest BCUT2D eigenvalue weighted by Gasteiger charge is -2.24. The highest BCUT2D eigenvalue weighted by Crippen LogP contribution is 2.23. The second kappa shape index (κ2) is 10.1. The molecule has 1 aliphatic heterocycles. The predicted molar refractivity (Wildman–Crippen MR) is 117 cm³/mol. The number of anilines is 1. The molecule has 0 spiro atoms. The van der Waals surface area contributed by atoms with E-state index in [0.717, 1.165) is 12.8 Å². The van der Waals surface area contributed by atoms with Gasteiger partial charge in [-0.2, -0.15) is 0 Å². The van der Waals surface area contributed by atoms with Crippen molar-refractivity contribution < 1.29 is 19.2 Å². The van der Waals surface area contributed by atoms with Crippen molar-refractivity contribution in [1.82, 2.24) is 20.2 Å². The van der Waals surface area contributed by atoms with E-state index in [1.165, 1.54) is 16.7 Å². The average Bonchev–Trinajstić information content (AvgIpc) is 2.75. The number of benzene rings is 1. The Balaban J connectivity index is 1.82. The van der Waals surface area contributed by atoms with Crippen LogP contribution in [-0.2, 0) is 19.2 Å². The van der Waals surface area contributed by atoms with Crippen molar-refractivity contribution >= 4 is 40.2 Å². The summed E-state index contributed by atoms with van der Waals surface area (Å²) in [6.45, 7) is 2.50. The fourth-order valence-electron chi connectivity index (χ4n) is 3.63. The van der Waals surface area contributed by atoms with Crippen molar-refractivity contribution in [3.8, 4) is 0 Å². The Labute approximate surface area is 183 Å². The second-order valence-corrected chi connectivity index (χ2v) is 7.56. The molecule has 170 valence electrons. The summed E-state index contributed by atoms with van der Waals surface area (Å²) in [5, 5.41) is 7.46. The molecule has 1 aromatic heterocycles. The number of hydrogen-bond acceptors (Lipinski definition) is 7. The summed E-state index contributed by atoms with van der Waals surface area (Å²) in [7, 11) is 0. The van der Waals surface area contributed by atoms with Crippen LogP contribution in [0.4, 0.5) is 5.69 Å². The van der Waals surface area contributed by atoms with Gasteiger partial charge in [0.25, 0.3) is 5.56 Å². The Morgan fingerprint density at radius 2 is 1.97 bits per heavy atom. The van der Waals surface area contributed by atoms with E-state index in [2.05, 4.69) is 20.9 Å². The molecule has 5 N–H and O–H groups in total. The van der Waals surface area contributed by atoms with E-state index >= 15 is 0 Å². The highest BCUT2D eigenvalue weighted by atomic mass is 16.2. The number of hydrogen-bond donors (Lipinski definition) is 4. The number of carbonyl (C=O) groups excluding carboxylic acids is 4. The molecule has 1 unspecified atom stereocenters. The molecule has 11 heteroatoms. The number of nitrogens with zero attached hydrogens (tertiary/aromatic N) is 2. The van der Waals surface area contributed by atoms with Crippen LogP contribution in [0.1, 0.15) is 44.0 Å². The second-order valence-electron chi connectivity index (χ2n) is 7.56. The molecule has 1 fully saturated rings. The standard InChI is InChI=1S/C21H26N6O5/c1-12-24-17-13(21(32)27(12)15-8-9-16(28)26-18(15)29)6-5-7-14(17)25-20(31)19(30)23-11-4-2-3-10-22/h5-7,15H,2-4,8-11,22H2,1H3,(H,23,30)(H,25,31)(H,26,28,29). The monoisotopic (exact) mass is 442 g/mol. The van der Waals surface area contributed by atoms with Crippen molar-refractivity contribution in [2.45, 2.75) is 45.1 Å². The molecule has 2 heterocycles. The lowest BCUT2D eigenvalue weighted by Crippen LogP contribution is -2.45. The maximum Gasteiger partial charge on any atom is 0.313 e. The van der Waals surface area contributed by atoms with Crippen molar-refractivity contribution in [1.29, 1.82) is 0 Å². The Bertz CT molecular complexity index is 1130. The molecule has 0 saturated carbocycles. The third kappa shape index (κ3) is 4.99. The van der Waals surface area contributed by atoms with Crippen molar-refractivity contribution in [3.63, 3.8) is 0 Å². The van der Waals surface area contributed by atoms with Gasteiger partial charge in [-0.05, 0) is 44.9 Å². The zero-order chi connectivity index (χ0) is 23.3. The number of nitrogens with two attached hydrogens (primary N) is 1. The highest BCUT2D eigenvalue weighted by molar-refractivity contribution is 6.40. The van der Waals surface area contributed by atoms with Crippen LogP contribution in [0.3, 0.4) is 0 Å². The van der Waals surface area contributed by atoms with Crippen LogP contribution >= 0.6 is 0 Å². The van der Waals surface area contributed by atoms with E-state index < -0.39 is 29.3 Å². The SMILES string of the molecule is Cc1nc2c(NC(=O)C(=O)NCCCCCN)cccc2c(=O)n1C1CCC(=O)NC1=O. The lowest BCUT2D eigenvalue weighted by atomic mass is 10.1. The topological polar surface area (TPSA) is 165 Å². The van der Waals surface area contributed by atoms with Crippen molar-refractivity contribution in [2.75, 3.05) is 18.4 Å². The summed E-state index contributed by atoms with van der Waals surface area (Å²) in [6, 6.07) is 3.77. The fourth-order valence-corrected chi connectivity index (χ4v) is 3.63. The number of carbonyl (C=O) groups is 4. The number of para-hydroxylation sites is 1. The molecule has 0 aliphatic carbocycles. The van der Waals surface area contributed by atoms with Crippen LogP contribution in [0, 0.1) is 6.92 Å². The summed E-state index contributed by atoms with van der Waals surface area (Å²) >= 11 is 0. The summed E-state index contributed by atoms with van der Waals surface area (Å²) < 4.78 is 1.25. The molecule has 3 rings (SSSR count). The summed E-state index contributed by atoms with van der Waals surface area (Å²) in [6.07, 6.45) is 2.73. The first-order chi connectivity index (χ1) is 15.3. The smallest absolute Gasteiger partial charge is 0.313 e. The fraction of sp³-hybridized carbons (Fsp3) is 0.429. The summed E-state index contributed by atoms with van der Waals surface area (Å²) in [5.41, 5.74) is 5.37. The van der Waals surface area contributed by atoms with Gasteiger partial charge in [0.05, 0.1) is 11.1 Å². The lowest BCUT2D eigenvalue weighted by molar-refractivity contribution is -0.136. The molecule has 1 saturated heterocycles. The molecule has 1 aliphatic rings. The number of unbranched alkanes of at least 4 members (excludes halogenated alkanes) is 2. The molecule has 1 aromatic carbocycles. The highest BCUT2D eigenvalue weighted by Gasteiger charge is 2.30. The Kier molecular flexibility index (Phi) is 7.31. The van der Waals surface area contributed by atoms with Gasteiger partial charge in [0, 0.05) is 13.0 Å². The first-order valence-electron chi connectivity index (χ1n) is 10.5. The molecule has 0 radical (unpaired) electrons. The number of nitrogens with one attached hydrogen (secondary N) is 3. The minimum absolute atomic E-state index is 0.123. The first-order valence-corrected chi connectivity index (χ1v) is 10.5. The van der Waals surface area contributed by atoms with Gasteiger partial charge >= 0.3 is 11.8 Å². The van der Waals surface area contributed by atoms with E-state index in [4.69, 9.17) is 5.73 Å². The molecule has 4 amide bonds. The average molecular weight is 442 g/mol. The summed E-state index contributed by atoms with van der Waals surface area (Å²) in [5.74, 6) is -2.34. The number of amides is 4. The molecule has 11 nitrogen and oxygen atoms in total. The van der Waals surface area contributed by atoms with Crippen LogP contribution in [0.15, 0.2) is 23.0 Å². The van der Waals surface area contributed by atoms with Crippen LogP contribution in [0.5, 0.6) is 0 Å². The predicted octanol–water partition coefficient (Wildman–Crippen LogP) is -0.134. The minimum atomic E-state index is -0.870. The maximum absolute atomic E-state index is 13.1. The summed E-state index contributed by atoms with van der Waals surface area (Å²) in [4.78, 5) is 65.6. The van der Waals surface area contributed by atoms with Crippen molar-refractivity contribution in [2.24, 2.45) is 5.73 Å². The van der Waals surface area contributed by atoms with E-state index in [-0.39, 0.29) is 41.2 Å². The van der Waals surface area contributed by atoms with Crippen LogP contribution in [0.25, 0.3) is 10.9 Å². The minimum Gasteiger partial charge on any atom is -0.348 e. The first kappa shape index (κ1) is 23.1. The largest absolute Gasteiger partial charge is 0.348 e. The van der Waals surface area contributed by atoms with Gasteiger partial charge in [0.2, 0.25) is 11.8 Å². The zero-order valence-electron chi connectivity index (χ0n) is 17.8. The van der Waals surface area contributed by atoms with Gasteiger partial charge in [-0.3, -0.25) is 33.9 Å². The third-order valence-corrected chi connectivity index (χ3v) is 5.25. The van der Waals surface area contributed by atoms with Crippen LogP contribution in [0.2, 0.25) is 0 Å². The zero-order valence-corrected chi connectivity index (χ0v) is 17.8. The van der Waals surface area contributed by atoms with Crippen LogP contribution < -0.4 is 27.2 Å². The van der Waals surface area contributed by atoms with Gasteiger partial charge in [0.1, 0.15) is 17.4 Å². The van der Waals surface area contributed by atoms with Gasteiger partial charge in [-0.1, -0.05) is 12.5 Å². The number of aromatic nitrogens is 2. The molecular weight excluding hydrogens is 416 g/mol. The Hall–Kier alpha value is -3.60. The molecule has 0 bridgehead atoms. The third-order valence-electron chi connectivity index (χ3n) is 5.25. The van der Waals surface area contributed by atoms with E-state index in [9.17, 15) is 24.0 Å². The Morgan fingerprint density at radius 1 is 1.19 bits per heavy atom. The maximum atomic E-state index is 13.1. The van der Waals surface area contributed by atoms with E-state index in [1.54, 1.807) is 13.0 Å². The quantitative estimate of drug-likeness (QED) is 0.263. The van der Waals surface area contributed by atoms with Gasteiger partial charge < -0.3 is 16.4 Å². The Morgan fingerprint density at radius 3 is 2.69 bits per heavy atom. The van der Waals surface area contributed by atoms with E-state index in [1.807, 2.05) is 0 Å².